The van der Waals surface area contributed by atoms with Crippen LogP contribution in [0.3, 0.4) is 0 Å². The molecule has 3 rings (SSSR count). The van der Waals surface area contributed by atoms with Gasteiger partial charge in [-0.2, -0.15) is 0 Å². The quantitative estimate of drug-likeness (QED) is 0.669. The van der Waals surface area contributed by atoms with Gasteiger partial charge in [-0.15, -0.1) is 10.2 Å². The number of para-hydroxylation sites is 1. The van der Waals surface area contributed by atoms with Crippen molar-refractivity contribution in [1.82, 2.24) is 14.8 Å². The molecule has 1 aromatic heterocycles. The summed E-state index contributed by atoms with van der Waals surface area (Å²) in [5.41, 5.74) is 3.72. The molecule has 0 bridgehead atoms. The molecule has 4 heteroatoms. The fourth-order valence-corrected chi connectivity index (χ4v) is 3.14. The van der Waals surface area contributed by atoms with E-state index in [4.69, 9.17) is 0 Å². The summed E-state index contributed by atoms with van der Waals surface area (Å²) in [5.74, 6) is 0.995. The predicted octanol–water partition coefficient (Wildman–Crippen LogP) is 3.91. The number of benzene rings is 2. The number of nitrogens with zero attached hydrogens (tertiary/aromatic N) is 3. The zero-order valence-corrected chi connectivity index (χ0v) is 12.8. The van der Waals surface area contributed by atoms with E-state index in [-0.39, 0.29) is 0 Å². The molecule has 3 nitrogen and oxygen atoms in total. The van der Waals surface area contributed by atoms with Crippen molar-refractivity contribution in [2.24, 2.45) is 0 Å². The van der Waals surface area contributed by atoms with Crippen LogP contribution in [0.2, 0.25) is 0 Å². The van der Waals surface area contributed by atoms with Gasteiger partial charge in [0.15, 0.2) is 5.16 Å². The van der Waals surface area contributed by atoms with Crippen molar-refractivity contribution >= 4 is 11.8 Å². The van der Waals surface area contributed by atoms with Crippen molar-refractivity contribution in [1.29, 1.82) is 0 Å². The van der Waals surface area contributed by atoms with Gasteiger partial charge in [0.25, 0.3) is 0 Å². The lowest BCUT2D eigenvalue weighted by atomic mass is 10.2. The first-order valence-corrected chi connectivity index (χ1v) is 7.96. The van der Waals surface area contributed by atoms with E-state index in [1.165, 1.54) is 11.1 Å². The van der Waals surface area contributed by atoms with Gasteiger partial charge in [0, 0.05) is 5.75 Å². The molecular weight excluding hydrogens is 278 g/mol. The van der Waals surface area contributed by atoms with E-state index in [0.29, 0.717) is 0 Å². The molecular formula is C17H17N3S. The summed E-state index contributed by atoms with van der Waals surface area (Å²) in [6.07, 6.45) is 2.82. The zero-order chi connectivity index (χ0) is 14.5. The second-order valence-electron chi connectivity index (χ2n) is 4.85. The van der Waals surface area contributed by atoms with Crippen molar-refractivity contribution in [3.63, 3.8) is 0 Å². The maximum atomic E-state index is 4.24. The predicted molar refractivity (Wildman–Crippen MR) is 87.0 cm³/mol. The van der Waals surface area contributed by atoms with Crippen LogP contribution in [0.5, 0.6) is 0 Å². The van der Waals surface area contributed by atoms with E-state index in [9.17, 15) is 0 Å². The number of aromatic nitrogens is 3. The Labute approximate surface area is 129 Å². The first kappa shape index (κ1) is 13.9. The molecule has 0 N–H and O–H groups in total. The lowest BCUT2D eigenvalue weighted by Gasteiger charge is -2.08. The smallest absolute Gasteiger partial charge is 0.195 e. The second-order valence-corrected chi connectivity index (χ2v) is 5.92. The summed E-state index contributed by atoms with van der Waals surface area (Å²) >= 11 is 1.74. The number of thioether (sulfide) groups is 1. The Morgan fingerprint density at radius 2 is 1.76 bits per heavy atom. The van der Waals surface area contributed by atoms with Gasteiger partial charge in [-0.3, -0.25) is 4.57 Å². The summed E-state index contributed by atoms with van der Waals surface area (Å²) in [6, 6.07) is 18.8. The molecule has 0 aliphatic carbocycles. The third-order valence-corrected chi connectivity index (χ3v) is 4.30. The van der Waals surface area contributed by atoms with E-state index < -0.39 is 0 Å². The van der Waals surface area contributed by atoms with Crippen molar-refractivity contribution in [2.45, 2.75) is 18.5 Å². The lowest BCUT2D eigenvalue weighted by Crippen LogP contribution is -1.98. The Morgan fingerprint density at radius 3 is 2.57 bits per heavy atom. The molecule has 3 aromatic rings. The van der Waals surface area contributed by atoms with Crippen LogP contribution in [0.1, 0.15) is 11.1 Å². The molecule has 0 saturated heterocycles. The highest BCUT2D eigenvalue weighted by atomic mass is 32.2. The van der Waals surface area contributed by atoms with Gasteiger partial charge in [0.2, 0.25) is 0 Å². The molecule has 0 spiro atoms. The summed E-state index contributed by atoms with van der Waals surface area (Å²) in [4.78, 5) is 0. The maximum absolute atomic E-state index is 4.24. The summed E-state index contributed by atoms with van der Waals surface area (Å²) in [7, 11) is 0. The SMILES string of the molecule is Cc1ccccc1-n1cnnc1SCCc1ccccc1. The second kappa shape index (κ2) is 6.59. The Hall–Kier alpha value is -2.07. The van der Waals surface area contributed by atoms with Crippen molar-refractivity contribution in [3.8, 4) is 5.69 Å². The van der Waals surface area contributed by atoms with Crippen molar-refractivity contribution < 1.29 is 0 Å². The molecule has 0 amide bonds. The summed E-state index contributed by atoms with van der Waals surface area (Å²) in [6.45, 7) is 2.10. The van der Waals surface area contributed by atoms with Gasteiger partial charge in [0.1, 0.15) is 6.33 Å². The first-order chi connectivity index (χ1) is 10.3. The van der Waals surface area contributed by atoms with Gasteiger partial charge in [-0.1, -0.05) is 60.3 Å². The van der Waals surface area contributed by atoms with Crippen molar-refractivity contribution in [3.05, 3.63) is 72.1 Å². The minimum atomic E-state index is 0.945. The first-order valence-electron chi connectivity index (χ1n) is 6.97. The topological polar surface area (TPSA) is 30.7 Å². The fourth-order valence-electron chi connectivity index (χ4n) is 2.23. The molecule has 0 aliphatic rings. The van der Waals surface area contributed by atoms with Crippen LogP contribution >= 0.6 is 11.8 Å². The molecule has 106 valence electrons. The largest absolute Gasteiger partial charge is 0.276 e. The van der Waals surface area contributed by atoms with Crippen LogP contribution in [-0.4, -0.2) is 20.5 Å². The number of aryl methyl sites for hydroxylation is 2. The van der Waals surface area contributed by atoms with Crippen LogP contribution in [0, 0.1) is 6.92 Å². The number of hydrogen-bond donors (Lipinski definition) is 0. The summed E-state index contributed by atoms with van der Waals surface area (Å²) < 4.78 is 2.06. The van der Waals surface area contributed by atoms with Gasteiger partial charge in [-0.25, -0.2) is 0 Å². The lowest BCUT2D eigenvalue weighted by molar-refractivity contribution is 0.877. The van der Waals surface area contributed by atoms with Gasteiger partial charge in [0.05, 0.1) is 5.69 Å². The van der Waals surface area contributed by atoms with E-state index >= 15 is 0 Å². The van der Waals surface area contributed by atoms with E-state index in [1.54, 1.807) is 18.1 Å². The molecule has 0 fully saturated rings. The third kappa shape index (κ3) is 3.34. The zero-order valence-electron chi connectivity index (χ0n) is 11.9. The highest BCUT2D eigenvalue weighted by Crippen LogP contribution is 2.22. The van der Waals surface area contributed by atoms with E-state index in [0.717, 1.165) is 23.0 Å². The number of hydrogen-bond acceptors (Lipinski definition) is 3. The Balaban J connectivity index is 1.70. The third-order valence-electron chi connectivity index (χ3n) is 3.36. The number of rotatable bonds is 5. The van der Waals surface area contributed by atoms with E-state index in [2.05, 4.69) is 58.1 Å². The van der Waals surface area contributed by atoms with E-state index in [1.807, 2.05) is 18.2 Å². The van der Waals surface area contributed by atoms with Gasteiger partial charge < -0.3 is 0 Å². The average molecular weight is 295 g/mol. The van der Waals surface area contributed by atoms with Crippen LogP contribution in [0.15, 0.2) is 66.1 Å². The minimum Gasteiger partial charge on any atom is -0.276 e. The average Bonchev–Trinajstić information content (AvgIpc) is 2.97. The Morgan fingerprint density at radius 1 is 1.00 bits per heavy atom. The van der Waals surface area contributed by atoms with Crippen LogP contribution < -0.4 is 0 Å². The normalized spacial score (nSPS) is 10.7. The molecule has 2 aromatic carbocycles. The molecule has 0 saturated carbocycles. The van der Waals surface area contributed by atoms with Gasteiger partial charge in [-0.05, 0) is 30.5 Å². The summed E-state index contributed by atoms with van der Waals surface area (Å²) in [5, 5.41) is 9.24. The standard InChI is InChI=1S/C17H17N3S/c1-14-7-5-6-10-16(14)20-13-18-19-17(20)21-12-11-15-8-3-2-4-9-15/h2-10,13H,11-12H2,1H3. The molecule has 0 unspecified atom stereocenters. The highest BCUT2D eigenvalue weighted by molar-refractivity contribution is 7.99. The fraction of sp³-hybridized carbons (Fsp3) is 0.176. The van der Waals surface area contributed by atoms with Crippen molar-refractivity contribution in [2.75, 3.05) is 5.75 Å². The monoisotopic (exact) mass is 295 g/mol. The molecule has 1 heterocycles. The van der Waals surface area contributed by atoms with Gasteiger partial charge >= 0.3 is 0 Å². The van der Waals surface area contributed by atoms with Crippen LogP contribution in [-0.2, 0) is 6.42 Å². The minimum absolute atomic E-state index is 0.945. The Kier molecular flexibility index (Phi) is 4.36. The highest BCUT2D eigenvalue weighted by Gasteiger charge is 2.08. The maximum Gasteiger partial charge on any atom is 0.195 e. The Bertz CT molecular complexity index is 707. The molecule has 0 atom stereocenters. The van der Waals surface area contributed by atoms with Crippen LogP contribution in [0.4, 0.5) is 0 Å². The molecule has 0 radical (unpaired) electrons. The molecule has 0 aliphatic heterocycles. The van der Waals surface area contributed by atoms with Crippen LogP contribution in [0.25, 0.3) is 5.69 Å². The molecule has 21 heavy (non-hydrogen) atoms.